The number of nitrogens with zero attached hydrogens (tertiary/aromatic N) is 1. The minimum absolute atomic E-state index is 0.738. The molecule has 0 aliphatic carbocycles. The summed E-state index contributed by atoms with van der Waals surface area (Å²) < 4.78 is 5.87. The van der Waals surface area contributed by atoms with Gasteiger partial charge in [0.25, 0.3) is 0 Å². The summed E-state index contributed by atoms with van der Waals surface area (Å²) in [5.74, 6) is 0.999. The summed E-state index contributed by atoms with van der Waals surface area (Å²) in [5.41, 5.74) is 2.62. The molecule has 21 heavy (non-hydrogen) atoms. The summed E-state index contributed by atoms with van der Waals surface area (Å²) in [5, 5.41) is 3.48. The molecule has 0 spiro atoms. The third-order valence-corrected chi connectivity index (χ3v) is 4.57. The Kier molecular flexibility index (Phi) is 6.52. The van der Waals surface area contributed by atoms with Crippen molar-refractivity contribution in [2.75, 3.05) is 33.3 Å². The largest absolute Gasteiger partial charge is 0.494 e. The summed E-state index contributed by atoms with van der Waals surface area (Å²) in [6, 6.07) is 7.08. The molecule has 2 rings (SSSR count). The predicted octanol–water partition coefficient (Wildman–Crippen LogP) is 3.15. The highest BCUT2D eigenvalue weighted by molar-refractivity contribution is 5.33. The van der Waals surface area contributed by atoms with Gasteiger partial charge in [-0.05, 0) is 82.9 Å². The number of hydrogen-bond acceptors (Lipinski definition) is 3. The summed E-state index contributed by atoms with van der Waals surface area (Å²) in [7, 11) is 2.26. The zero-order valence-electron chi connectivity index (χ0n) is 13.8. The topological polar surface area (TPSA) is 24.5 Å². The third kappa shape index (κ3) is 5.33. The number of hydrogen-bond donors (Lipinski definition) is 1. The molecule has 0 bridgehead atoms. The van der Waals surface area contributed by atoms with Crippen molar-refractivity contribution in [1.29, 1.82) is 0 Å². The molecule has 1 aliphatic heterocycles. The maximum atomic E-state index is 5.87. The van der Waals surface area contributed by atoms with Gasteiger partial charge in [0.15, 0.2) is 0 Å². The van der Waals surface area contributed by atoms with Crippen LogP contribution >= 0.6 is 0 Å². The van der Waals surface area contributed by atoms with Gasteiger partial charge in [0.2, 0.25) is 0 Å². The number of aryl methyl sites for hydroxylation is 2. The molecule has 1 atom stereocenters. The van der Waals surface area contributed by atoms with Crippen LogP contribution in [0.5, 0.6) is 5.75 Å². The van der Waals surface area contributed by atoms with Gasteiger partial charge in [0, 0.05) is 12.6 Å². The minimum Gasteiger partial charge on any atom is -0.494 e. The fourth-order valence-corrected chi connectivity index (χ4v) is 2.93. The van der Waals surface area contributed by atoms with Gasteiger partial charge in [-0.15, -0.1) is 0 Å². The Bertz CT molecular complexity index is 425. The Labute approximate surface area is 129 Å². The van der Waals surface area contributed by atoms with Crippen LogP contribution < -0.4 is 10.1 Å². The highest BCUT2D eigenvalue weighted by atomic mass is 16.5. The second kappa shape index (κ2) is 8.40. The van der Waals surface area contributed by atoms with Crippen molar-refractivity contribution in [2.45, 2.75) is 45.6 Å². The summed E-state index contributed by atoms with van der Waals surface area (Å²) in [4.78, 5) is 2.51. The lowest BCUT2D eigenvalue weighted by atomic mass is 10.1. The molecular formula is C18H30N2O. The highest BCUT2D eigenvalue weighted by Crippen LogP contribution is 2.17. The summed E-state index contributed by atoms with van der Waals surface area (Å²) >= 11 is 0. The third-order valence-electron chi connectivity index (χ3n) is 4.57. The molecule has 1 aliphatic rings. The number of ether oxygens (including phenoxy) is 1. The molecule has 3 heteroatoms. The van der Waals surface area contributed by atoms with Crippen molar-refractivity contribution in [3.8, 4) is 5.75 Å². The van der Waals surface area contributed by atoms with Crippen molar-refractivity contribution in [1.82, 2.24) is 10.2 Å². The molecule has 1 N–H and O–H groups in total. The summed E-state index contributed by atoms with van der Waals surface area (Å²) in [6.45, 7) is 8.54. The molecule has 0 saturated carbocycles. The predicted molar refractivity (Wildman–Crippen MR) is 89.2 cm³/mol. The molecule has 1 unspecified atom stereocenters. The smallest absolute Gasteiger partial charge is 0.119 e. The van der Waals surface area contributed by atoms with Gasteiger partial charge in [-0.1, -0.05) is 6.07 Å². The lowest BCUT2D eigenvalue weighted by Gasteiger charge is -2.26. The van der Waals surface area contributed by atoms with Crippen LogP contribution in [0.4, 0.5) is 0 Å². The van der Waals surface area contributed by atoms with Crippen LogP contribution in [0.2, 0.25) is 0 Å². The number of nitrogens with one attached hydrogen (secondary N) is 1. The van der Waals surface area contributed by atoms with Crippen molar-refractivity contribution in [3.05, 3.63) is 29.3 Å². The van der Waals surface area contributed by atoms with E-state index in [-0.39, 0.29) is 0 Å². The van der Waals surface area contributed by atoms with Crippen LogP contribution in [-0.2, 0) is 0 Å². The van der Waals surface area contributed by atoms with E-state index >= 15 is 0 Å². The minimum atomic E-state index is 0.738. The normalized spacial score (nSPS) is 19.5. The molecule has 1 fully saturated rings. The van der Waals surface area contributed by atoms with Crippen molar-refractivity contribution < 1.29 is 4.74 Å². The van der Waals surface area contributed by atoms with Crippen LogP contribution in [0.3, 0.4) is 0 Å². The Morgan fingerprint density at radius 1 is 1.19 bits per heavy atom. The van der Waals surface area contributed by atoms with Crippen LogP contribution in [0, 0.1) is 13.8 Å². The number of benzene rings is 1. The van der Waals surface area contributed by atoms with Gasteiger partial charge in [-0.2, -0.15) is 0 Å². The van der Waals surface area contributed by atoms with Crippen LogP contribution in [0.1, 0.15) is 36.8 Å². The first-order chi connectivity index (χ1) is 10.2. The molecule has 1 aromatic rings. The SMILES string of the molecule is Cc1ccc(OCCCN(C)C2CCCNCC2)cc1C. The van der Waals surface area contributed by atoms with E-state index in [1.165, 1.54) is 36.9 Å². The molecule has 118 valence electrons. The van der Waals surface area contributed by atoms with Crippen LogP contribution in [-0.4, -0.2) is 44.2 Å². The molecule has 0 aromatic heterocycles. The monoisotopic (exact) mass is 290 g/mol. The molecular weight excluding hydrogens is 260 g/mol. The Morgan fingerprint density at radius 2 is 2.05 bits per heavy atom. The van der Waals surface area contributed by atoms with Gasteiger partial charge >= 0.3 is 0 Å². The average molecular weight is 290 g/mol. The lowest BCUT2D eigenvalue weighted by Crippen LogP contribution is -2.33. The molecule has 1 heterocycles. The summed E-state index contributed by atoms with van der Waals surface area (Å²) in [6.07, 6.45) is 4.98. The molecule has 1 aromatic carbocycles. The quantitative estimate of drug-likeness (QED) is 0.815. The van der Waals surface area contributed by atoms with E-state index in [1.54, 1.807) is 0 Å². The van der Waals surface area contributed by atoms with E-state index in [9.17, 15) is 0 Å². The second-order valence-electron chi connectivity index (χ2n) is 6.26. The van der Waals surface area contributed by atoms with Crippen LogP contribution in [0.15, 0.2) is 18.2 Å². The zero-order chi connectivity index (χ0) is 15.1. The molecule has 3 nitrogen and oxygen atoms in total. The standard InChI is InChI=1S/C18H30N2O/c1-15-7-8-18(14-16(15)2)21-13-5-12-20(3)17-6-4-10-19-11-9-17/h7-8,14,17,19H,4-6,9-13H2,1-3H3. The van der Waals surface area contributed by atoms with Crippen molar-refractivity contribution >= 4 is 0 Å². The maximum Gasteiger partial charge on any atom is 0.119 e. The van der Waals surface area contributed by atoms with E-state index in [2.05, 4.69) is 49.3 Å². The number of rotatable bonds is 6. The van der Waals surface area contributed by atoms with Crippen LogP contribution in [0.25, 0.3) is 0 Å². The first kappa shape index (κ1) is 16.3. The molecule has 0 amide bonds. The van der Waals surface area contributed by atoms with E-state index in [1.807, 2.05) is 0 Å². The highest BCUT2D eigenvalue weighted by Gasteiger charge is 2.15. The Balaban J connectivity index is 1.67. The first-order valence-electron chi connectivity index (χ1n) is 8.28. The Hall–Kier alpha value is -1.06. The van der Waals surface area contributed by atoms with E-state index in [4.69, 9.17) is 4.74 Å². The van der Waals surface area contributed by atoms with E-state index < -0.39 is 0 Å². The first-order valence-corrected chi connectivity index (χ1v) is 8.28. The fourth-order valence-electron chi connectivity index (χ4n) is 2.93. The average Bonchev–Trinajstić information content (AvgIpc) is 2.76. The van der Waals surface area contributed by atoms with Gasteiger partial charge in [-0.3, -0.25) is 0 Å². The van der Waals surface area contributed by atoms with E-state index in [0.717, 1.165) is 37.9 Å². The van der Waals surface area contributed by atoms with Crippen molar-refractivity contribution in [2.24, 2.45) is 0 Å². The van der Waals surface area contributed by atoms with Crippen molar-refractivity contribution in [3.63, 3.8) is 0 Å². The van der Waals surface area contributed by atoms with Gasteiger partial charge in [-0.25, -0.2) is 0 Å². The maximum absolute atomic E-state index is 5.87. The van der Waals surface area contributed by atoms with E-state index in [0.29, 0.717) is 0 Å². The van der Waals surface area contributed by atoms with Gasteiger partial charge in [0.1, 0.15) is 5.75 Å². The zero-order valence-corrected chi connectivity index (χ0v) is 13.8. The van der Waals surface area contributed by atoms with Gasteiger partial charge < -0.3 is 15.0 Å². The van der Waals surface area contributed by atoms with Gasteiger partial charge in [0.05, 0.1) is 6.61 Å². The fraction of sp³-hybridized carbons (Fsp3) is 0.667. The molecule has 0 radical (unpaired) electrons. The second-order valence-corrected chi connectivity index (χ2v) is 6.26. The lowest BCUT2D eigenvalue weighted by molar-refractivity contribution is 0.202. The molecule has 1 saturated heterocycles. The Morgan fingerprint density at radius 3 is 2.86 bits per heavy atom.